The summed E-state index contributed by atoms with van der Waals surface area (Å²) in [5.41, 5.74) is 0.661. The van der Waals surface area contributed by atoms with Crippen molar-refractivity contribution in [2.24, 2.45) is 0 Å². The van der Waals surface area contributed by atoms with Gasteiger partial charge in [0, 0.05) is 12.6 Å². The molecule has 0 bridgehead atoms. The average molecular weight is 279 g/mol. The van der Waals surface area contributed by atoms with Gasteiger partial charge in [-0.1, -0.05) is 13.0 Å². The highest BCUT2D eigenvalue weighted by Crippen LogP contribution is 2.04. The van der Waals surface area contributed by atoms with Crippen molar-refractivity contribution < 1.29 is 14.7 Å². The molecule has 6 nitrogen and oxygen atoms in total. The molecule has 0 aliphatic heterocycles. The number of rotatable bonds is 7. The van der Waals surface area contributed by atoms with Crippen LogP contribution < -0.4 is 5.32 Å². The van der Waals surface area contributed by atoms with Gasteiger partial charge < -0.3 is 10.4 Å². The Bertz CT molecular complexity index is 474. The molecule has 110 valence electrons. The molecule has 0 spiro atoms. The molecule has 0 aliphatic rings. The first-order chi connectivity index (χ1) is 9.42. The van der Waals surface area contributed by atoms with Crippen LogP contribution in [0.25, 0.3) is 0 Å². The second-order valence-corrected chi connectivity index (χ2v) is 4.84. The Labute approximate surface area is 118 Å². The molecule has 0 unspecified atom stereocenters. The Morgan fingerprint density at radius 2 is 2.10 bits per heavy atom. The first-order valence-corrected chi connectivity index (χ1v) is 6.63. The highest BCUT2D eigenvalue weighted by molar-refractivity contribution is 5.85. The number of aromatic nitrogens is 1. The van der Waals surface area contributed by atoms with Gasteiger partial charge in [0.25, 0.3) is 0 Å². The summed E-state index contributed by atoms with van der Waals surface area (Å²) in [5.74, 6) is -1.09. The van der Waals surface area contributed by atoms with Gasteiger partial charge in [-0.3, -0.25) is 9.69 Å². The van der Waals surface area contributed by atoms with Crippen molar-refractivity contribution in [3.63, 3.8) is 0 Å². The largest absolute Gasteiger partial charge is 0.477 e. The fourth-order valence-corrected chi connectivity index (χ4v) is 1.77. The molecule has 0 atom stereocenters. The van der Waals surface area contributed by atoms with E-state index in [2.05, 4.69) is 10.3 Å². The molecule has 6 heteroatoms. The number of carboxylic acid groups (broad SMARTS) is 1. The third-order valence-corrected chi connectivity index (χ3v) is 2.68. The van der Waals surface area contributed by atoms with E-state index in [1.165, 1.54) is 6.07 Å². The van der Waals surface area contributed by atoms with Crippen LogP contribution in [0, 0.1) is 0 Å². The third-order valence-electron chi connectivity index (χ3n) is 2.68. The SMILES string of the molecule is CCN(CC(=O)NC(C)C)Cc1cccc(C(=O)O)n1. The van der Waals surface area contributed by atoms with Crippen molar-refractivity contribution in [2.45, 2.75) is 33.4 Å². The van der Waals surface area contributed by atoms with Crippen LogP contribution in [-0.4, -0.2) is 46.0 Å². The summed E-state index contributed by atoms with van der Waals surface area (Å²) in [6.07, 6.45) is 0. The maximum atomic E-state index is 11.7. The fourth-order valence-electron chi connectivity index (χ4n) is 1.77. The molecule has 1 aromatic heterocycles. The highest BCUT2D eigenvalue weighted by atomic mass is 16.4. The van der Waals surface area contributed by atoms with Crippen molar-refractivity contribution in [3.05, 3.63) is 29.6 Å². The molecule has 1 aromatic rings. The van der Waals surface area contributed by atoms with E-state index in [1.807, 2.05) is 25.7 Å². The third kappa shape index (κ3) is 5.36. The van der Waals surface area contributed by atoms with Gasteiger partial charge in [0.15, 0.2) is 0 Å². The predicted octanol–water partition coefficient (Wildman–Crippen LogP) is 1.13. The standard InChI is InChI=1S/C14H21N3O3/c1-4-17(9-13(18)15-10(2)3)8-11-6-5-7-12(16-11)14(19)20/h5-7,10H,4,8-9H2,1-3H3,(H,15,18)(H,19,20). The van der Waals surface area contributed by atoms with Gasteiger partial charge in [-0.2, -0.15) is 0 Å². The second kappa shape index (κ2) is 7.59. The van der Waals surface area contributed by atoms with Gasteiger partial charge in [-0.05, 0) is 32.5 Å². The number of carboxylic acids is 1. The van der Waals surface area contributed by atoms with Crippen molar-refractivity contribution >= 4 is 11.9 Å². The maximum Gasteiger partial charge on any atom is 0.354 e. The topological polar surface area (TPSA) is 82.5 Å². The molecule has 0 radical (unpaired) electrons. The van der Waals surface area contributed by atoms with Crippen LogP contribution >= 0.6 is 0 Å². The summed E-state index contributed by atoms with van der Waals surface area (Å²) in [6, 6.07) is 4.98. The van der Waals surface area contributed by atoms with Crippen LogP contribution in [0.3, 0.4) is 0 Å². The monoisotopic (exact) mass is 279 g/mol. The van der Waals surface area contributed by atoms with E-state index in [1.54, 1.807) is 12.1 Å². The molecular formula is C14H21N3O3. The summed E-state index contributed by atoms with van der Waals surface area (Å²) in [6.45, 7) is 7.17. The van der Waals surface area contributed by atoms with E-state index < -0.39 is 5.97 Å². The molecule has 0 saturated carbocycles. The van der Waals surface area contributed by atoms with Crippen LogP contribution in [0.15, 0.2) is 18.2 Å². The zero-order valence-corrected chi connectivity index (χ0v) is 12.1. The number of hydrogen-bond donors (Lipinski definition) is 2. The second-order valence-electron chi connectivity index (χ2n) is 4.84. The van der Waals surface area contributed by atoms with Crippen molar-refractivity contribution in [1.82, 2.24) is 15.2 Å². The van der Waals surface area contributed by atoms with Crippen LogP contribution in [0.2, 0.25) is 0 Å². The Hall–Kier alpha value is -1.95. The molecule has 0 fully saturated rings. The minimum atomic E-state index is -1.05. The molecule has 0 aliphatic carbocycles. The Morgan fingerprint density at radius 3 is 2.65 bits per heavy atom. The zero-order valence-electron chi connectivity index (χ0n) is 12.1. The zero-order chi connectivity index (χ0) is 15.1. The van der Waals surface area contributed by atoms with Gasteiger partial charge in [-0.15, -0.1) is 0 Å². The average Bonchev–Trinajstić information content (AvgIpc) is 2.37. The number of likely N-dealkylation sites (N-methyl/N-ethyl adjacent to an activating group) is 1. The molecule has 2 N–H and O–H groups in total. The van der Waals surface area contributed by atoms with E-state index in [9.17, 15) is 9.59 Å². The molecule has 1 amide bonds. The number of nitrogens with one attached hydrogen (secondary N) is 1. The molecule has 1 heterocycles. The molecule has 0 aromatic carbocycles. The lowest BCUT2D eigenvalue weighted by Crippen LogP contribution is -2.39. The molecule has 1 rings (SSSR count). The number of aromatic carboxylic acids is 1. The van der Waals surface area contributed by atoms with Crippen molar-refractivity contribution in [3.8, 4) is 0 Å². The summed E-state index contributed by atoms with van der Waals surface area (Å²) in [5, 5.41) is 11.7. The van der Waals surface area contributed by atoms with E-state index in [0.717, 1.165) is 0 Å². The highest BCUT2D eigenvalue weighted by Gasteiger charge is 2.12. The van der Waals surface area contributed by atoms with Gasteiger partial charge in [0.1, 0.15) is 5.69 Å². The summed E-state index contributed by atoms with van der Waals surface area (Å²) in [4.78, 5) is 28.6. The minimum Gasteiger partial charge on any atom is -0.477 e. The molecular weight excluding hydrogens is 258 g/mol. The maximum absolute atomic E-state index is 11.7. The number of amides is 1. The van der Waals surface area contributed by atoms with E-state index in [0.29, 0.717) is 18.8 Å². The number of nitrogens with zero attached hydrogens (tertiary/aromatic N) is 2. The summed E-state index contributed by atoms with van der Waals surface area (Å²) < 4.78 is 0. The Morgan fingerprint density at radius 1 is 1.40 bits per heavy atom. The van der Waals surface area contributed by atoms with Crippen molar-refractivity contribution in [1.29, 1.82) is 0 Å². The van der Waals surface area contributed by atoms with Crippen LogP contribution in [0.5, 0.6) is 0 Å². The Balaban J connectivity index is 2.66. The molecule has 0 saturated heterocycles. The lowest BCUT2D eigenvalue weighted by atomic mass is 10.2. The normalized spacial score (nSPS) is 10.8. The van der Waals surface area contributed by atoms with Gasteiger partial charge >= 0.3 is 5.97 Å². The lowest BCUT2D eigenvalue weighted by molar-refractivity contribution is -0.122. The summed E-state index contributed by atoms with van der Waals surface area (Å²) >= 11 is 0. The first kappa shape index (κ1) is 16.1. The van der Waals surface area contributed by atoms with Crippen LogP contribution in [0.1, 0.15) is 37.0 Å². The quantitative estimate of drug-likeness (QED) is 0.781. The van der Waals surface area contributed by atoms with E-state index in [4.69, 9.17) is 5.11 Å². The van der Waals surface area contributed by atoms with Crippen LogP contribution in [-0.2, 0) is 11.3 Å². The first-order valence-electron chi connectivity index (χ1n) is 6.63. The van der Waals surface area contributed by atoms with E-state index >= 15 is 0 Å². The smallest absolute Gasteiger partial charge is 0.354 e. The van der Waals surface area contributed by atoms with Gasteiger partial charge in [0.2, 0.25) is 5.91 Å². The van der Waals surface area contributed by atoms with E-state index in [-0.39, 0.29) is 24.2 Å². The number of carbonyl (C=O) groups excluding carboxylic acids is 1. The Kier molecular flexibility index (Phi) is 6.11. The van der Waals surface area contributed by atoms with Crippen LogP contribution in [0.4, 0.5) is 0 Å². The number of carbonyl (C=O) groups is 2. The lowest BCUT2D eigenvalue weighted by Gasteiger charge is -2.20. The van der Waals surface area contributed by atoms with Crippen molar-refractivity contribution in [2.75, 3.05) is 13.1 Å². The van der Waals surface area contributed by atoms with Gasteiger partial charge in [0.05, 0.1) is 12.2 Å². The number of pyridine rings is 1. The fraction of sp³-hybridized carbons (Fsp3) is 0.500. The van der Waals surface area contributed by atoms with Gasteiger partial charge in [-0.25, -0.2) is 9.78 Å². The minimum absolute atomic E-state index is 0.0187. The number of hydrogen-bond acceptors (Lipinski definition) is 4. The summed E-state index contributed by atoms with van der Waals surface area (Å²) in [7, 11) is 0. The predicted molar refractivity (Wildman–Crippen MR) is 75.4 cm³/mol. The molecule has 20 heavy (non-hydrogen) atoms.